The number of rotatable bonds is 4. The van der Waals surface area contributed by atoms with Gasteiger partial charge in [-0.1, -0.05) is 68.4 Å². The van der Waals surface area contributed by atoms with E-state index < -0.39 is 0 Å². The lowest BCUT2D eigenvalue weighted by molar-refractivity contribution is 0.770. The van der Waals surface area contributed by atoms with Crippen LogP contribution in [0.4, 0.5) is 11.5 Å². The molecule has 4 heteroatoms. The van der Waals surface area contributed by atoms with Crippen LogP contribution in [0.1, 0.15) is 25.5 Å². The minimum absolute atomic E-state index is 0.339. The summed E-state index contributed by atoms with van der Waals surface area (Å²) in [6.45, 7) is 4.33. The number of nitrogens with zero attached hydrogens (tertiary/aromatic N) is 3. The van der Waals surface area contributed by atoms with Crippen LogP contribution in [0.25, 0.3) is 27.5 Å². The molecular formula is C25H22N4. The molecule has 2 heterocycles. The van der Waals surface area contributed by atoms with Crippen molar-refractivity contribution < 1.29 is 0 Å². The van der Waals surface area contributed by atoms with Crippen molar-refractivity contribution in [2.45, 2.75) is 19.8 Å². The minimum atomic E-state index is 0.339. The van der Waals surface area contributed by atoms with Crippen molar-refractivity contribution in [1.82, 2.24) is 14.8 Å². The quantitative estimate of drug-likeness (QED) is 0.366. The minimum Gasteiger partial charge on any atom is -0.339 e. The maximum absolute atomic E-state index is 4.87. The van der Waals surface area contributed by atoms with Gasteiger partial charge in [0.05, 0.1) is 28.1 Å². The van der Waals surface area contributed by atoms with Gasteiger partial charge in [-0.05, 0) is 30.2 Å². The highest BCUT2D eigenvalue weighted by Gasteiger charge is 2.15. The second-order valence-electron chi connectivity index (χ2n) is 7.50. The summed E-state index contributed by atoms with van der Waals surface area (Å²) in [5.74, 6) is 1.29. The summed E-state index contributed by atoms with van der Waals surface area (Å²) in [6.07, 6.45) is 0. The van der Waals surface area contributed by atoms with Crippen LogP contribution < -0.4 is 5.32 Å². The second kappa shape index (κ2) is 7.06. The lowest BCUT2D eigenvalue weighted by Crippen LogP contribution is -2.04. The Morgan fingerprint density at radius 2 is 1.34 bits per heavy atom. The fraction of sp³-hybridized carbons (Fsp3) is 0.120. The number of fused-ring (bicyclic) bond motifs is 2. The highest BCUT2D eigenvalue weighted by atomic mass is 15.3. The highest BCUT2D eigenvalue weighted by Crippen LogP contribution is 2.34. The van der Waals surface area contributed by atoms with Gasteiger partial charge in [-0.25, -0.2) is 9.67 Å². The van der Waals surface area contributed by atoms with Gasteiger partial charge in [-0.3, -0.25) is 0 Å². The van der Waals surface area contributed by atoms with E-state index in [1.165, 1.54) is 0 Å². The SMILES string of the molecule is CC(C)c1cc(Nc2c3ccccc3nc3ccccc23)n(-c2ccccc2)n1. The molecule has 0 saturated heterocycles. The van der Waals surface area contributed by atoms with Crippen molar-refractivity contribution >= 4 is 33.3 Å². The smallest absolute Gasteiger partial charge is 0.134 e. The molecule has 0 aliphatic carbocycles. The molecule has 142 valence electrons. The third-order valence-electron chi connectivity index (χ3n) is 5.16. The van der Waals surface area contributed by atoms with E-state index in [2.05, 4.69) is 73.8 Å². The van der Waals surface area contributed by atoms with E-state index in [1.54, 1.807) is 0 Å². The van der Waals surface area contributed by atoms with Crippen molar-refractivity contribution in [3.63, 3.8) is 0 Å². The summed E-state index contributed by atoms with van der Waals surface area (Å²) in [7, 11) is 0. The summed E-state index contributed by atoms with van der Waals surface area (Å²) in [6, 6.07) is 28.9. The number of hydrogen-bond donors (Lipinski definition) is 1. The molecule has 29 heavy (non-hydrogen) atoms. The molecule has 0 spiro atoms. The predicted molar refractivity (Wildman–Crippen MR) is 120 cm³/mol. The first-order valence-electron chi connectivity index (χ1n) is 9.90. The van der Waals surface area contributed by atoms with Gasteiger partial charge >= 0.3 is 0 Å². The van der Waals surface area contributed by atoms with Crippen molar-refractivity contribution in [3.8, 4) is 5.69 Å². The monoisotopic (exact) mass is 378 g/mol. The lowest BCUT2D eigenvalue weighted by Gasteiger charge is -2.14. The van der Waals surface area contributed by atoms with E-state index in [0.29, 0.717) is 5.92 Å². The number of anilines is 2. The molecule has 0 radical (unpaired) electrons. The molecule has 0 saturated carbocycles. The Balaban J connectivity index is 1.74. The number of pyridine rings is 1. The van der Waals surface area contributed by atoms with E-state index in [0.717, 1.165) is 44.7 Å². The lowest BCUT2D eigenvalue weighted by atomic mass is 10.1. The number of hydrogen-bond acceptors (Lipinski definition) is 3. The second-order valence-corrected chi connectivity index (χ2v) is 7.50. The molecule has 1 N–H and O–H groups in total. The van der Waals surface area contributed by atoms with E-state index in [4.69, 9.17) is 10.1 Å². The van der Waals surface area contributed by atoms with E-state index in [1.807, 2.05) is 35.0 Å². The Morgan fingerprint density at radius 1 is 0.759 bits per heavy atom. The normalized spacial score (nSPS) is 11.4. The van der Waals surface area contributed by atoms with Crippen molar-refractivity contribution in [2.24, 2.45) is 0 Å². The third-order valence-corrected chi connectivity index (χ3v) is 5.16. The van der Waals surface area contributed by atoms with Gasteiger partial charge in [-0.2, -0.15) is 5.10 Å². The summed E-state index contributed by atoms with van der Waals surface area (Å²) >= 11 is 0. The number of aromatic nitrogens is 3. The van der Waals surface area contributed by atoms with Crippen molar-refractivity contribution in [2.75, 3.05) is 5.32 Å². The average Bonchev–Trinajstić information content (AvgIpc) is 3.18. The Kier molecular flexibility index (Phi) is 4.24. The summed E-state index contributed by atoms with van der Waals surface area (Å²) in [5, 5.41) is 10.8. The molecule has 0 bridgehead atoms. The van der Waals surface area contributed by atoms with Gasteiger partial charge in [0.25, 0.3) is 0 Å². The molecule has 5 aromatic rings. The first kappa shape index (κ1) is 17.4. The van der Waals surface area contributed by atoms with Crippen molar-refractivity contribution in [1.29, 1.82) is 0 Å². The zero-order valence-electron chi connectivity index (χ0n) is 16.5. The Labute approximate surface area is 169 Å². The average molecular weight is 378 g/mol. The first-order valence-corrected chi connectivity index (χ1v) is 9.90. The topological polar surface area (TPSA) is 42.7 Å². The number of nitrogens with one attached hydrogen (secondary N) is 1. The molecule has 0 unspecified atom stereocenters. The number of benzene rings is 3. The van der Waals surface area contributed by atoms with E-state index in [9.17, 15) is 0 Å². The zero-order chi connectivity index (χ0) is 19.8. The van der Waals surface area contributed by atoms with Gasteiger partial charge in [0.1, 0.15) is 5.82 Å². The Morgan fingerprint density at radius 3 is 1.97 bits per heavy atom. The molecule has 0 aliphatic rings. The van der Waals surface area contributed by atoms with Crippen LogP contribution in [0.2, 0.25) is 0 Å². The molecule has 0 aliphatic heterocycles. The highest BCUT2D eigenvalue weighted by molar-refractivity contribution is 6.08. The molecule has 2 aromatic heterocycles. The van der Waals surface area contributed by atoms with Crippen LogP contribution in [0.3, 0.4) is 0 Å². The van der Waals surface area contributed by atoms with E-state index >= 15 is 0 Å². The molecular weight excluding hydrogens is 356 g/mol. The third kappa shape index (κ3) is 3.13. The van der Waals surface area contributed by atoms with Gasteiger partial charge < -0.3 is 5.32 Å². The summed E-state index contributed by atoms with van der Waals surface area (Å²) in [5.41, 5.74) is 5.09. The Bertz CT molecular complexity index is 1250. The van der Waals surface area contributed by atoms with Gasteiger partial charge in [-0.15, -0.1) is 0 Å². The first-order chi connectivity index (χ1) is 14.2. The molecule has 0 fully saturated rings. The fourth-order valence-electron chi connectivity index (χ4n) is 3.64. The van der Waals surface area contributed by atoms with Crippen LogP contribution in [0.15, 0.2) is 84.9 Å². The summed E-state index contributed by atoms with van der Waals surface area (Å²) < 4.78 is 1.99. The summed E-state index contributed by atoms with van der Waals surface area (Å²) in [4.78, 5) is 4.83. The molecule has 4 nitrogen and oxygen atoms in total. The maximum atomic E-state index is 4.87. The standard InChI is InChI=1S/C25H22N4/c1-17(2)23-16-24(29(28-23)18-10-4-3-5-11-18)27-25-19-12-6-8-14-21(19)26-22-15-9-7-13-20(22)25/h3-17H,1-2H3,(H,26,27). The van der Waals surface area contributed by atoms with Crippen LogP contribution >= 0.6 is 0 Å². The molecule has 3 aromatic carbocycles. The molecule has 0 atom stereocenters. The largest absolute Gasteiger partial charge is 0.339 e. The van der Waals surface area contributed by atoms with Gasteiger partial charge in [0, 0.05) is 16.8 Å². The van der Waals surface area contributed by atoms with E-state index in [-0.39, 0.29) is 0 Å². The van der Waals surface area contributed by atoms with Gasteiger partial charge in [0.15, 0.2) is 0 Å². The molecule has 5 rings (SSSR count). The van der Waals surface area contributed by atoms with Crippen LogP contribution in [0.5, 0.6) is 0 Å². The van der Waals surface area contributed by atoms with Gasteiger partial charge in [0.2, 0.25) is 0 Å². The fourth-order valence-corrected chi connectivity index (χ4v) is 3.64. The van der Waals surface area contributed by atoms with Crippen LogP contribution in [0, 0.1) is 0 Å². The van der Waals surface area contributed by atoms with Crippen LogP contribution in [-0.2, 0) is 0 Å². The molecule has 0 amide bonds. The zero-order valence-corrected chi connectivity index (χ0v) is 16.5. The maximum Gasteiger partial charge on any atom is 0.134 e. The Hall–Kier alpha value is -3.66. The predicted octanol–water partition coefficient (Wildman–Crippen LogP) is 6.44. The van der Waals surface area contributed by atoms with Crippen LogP contribution in [-0.4, -0.2) is 14.8 Å². The van der Waals surface area contributed by atoms with Crippen molar-refractivity contribution in [3.05, 3.63) is 90.6 Å². The number of para-hydroxylation sites is 3.